The first-order chi connectivity index (χ1) is 15.1. The maximum absolute atomic E-state index is 12.4. The van der Waals surface area contributed by atoms with Crippen LogP contribution in [0.3, 0.4) is 0 Å². The molecule has 0 saturated carbocycles. The summed E-state index contributed by atoms with van der Waals surface area (Å²) in [5.41, 5.74) is 4.76. The standard InChI is InChI=1S/C24H27N5O2/c1-28-16-21(13-26-28)23-8-10-25-12-20(23)4-7-24(31)27-22-5-2-18(3-6-22)14-29-11-9-19(15-29)17-30/h2-8,10,12-13,16,19,30H,9,11,14-15,17H2,1H3,(H,27,31)/b7-4+. The van der Waals surface area contributed by atoms with E-state index in [1.165, 1.54) is 11.6 Å². The monoisotopic (exact) mass is 417 g/mol. The average Bonchev–Trinajstić information content (AvgIpc) is 3.42. The van der Waals surface area contributed by atoms with Crippen molar-refractivity contribution in [1.29, 1.82) is 0 Å². The third kappa shape index (κ3) is 5.45. The molecule has 1 atom stereocenters. The molecule has 0 aliphatic carbocycles. The van der Waals surface area contributed by atoms with Crippen LogP contribution in [-0.2, 0) is 18.4 Å². The van der Waals surface area contributed by atoms with Crippen molar-refractivity contribution in [1.82, 2.24) is 19.7 Å². The van der Waals surface area contributed by atoms with Crippen molar-refractivity contribution in [2.75, 3.05) is 25.0 Å². The minimum atomic E-state index is -0.195. The molecule has 7 nitrogen and oxygen atoms in total. The normalized spacial score (nSPS) is 16.8. The minimum absolute atomic E-state index is 0.195. The lowest BCUT2D eigenvalue weighted by Gasteiger charge is -2.15. The van der Waals surface area contributed by atoms with E-state index in [9.17, 15) is 9.90 Å². The van der Waals surface area contributed by atoms with Crippen molar-refractivity contribution < 1.29 is 9.90 Å². The number of aliphatic hydroxyl groups is 1. The fourth-order valence-corrected chi connectivity index (χ4v) is 3.87. The summed E-state index contributed by atoms with van der Waals surface area (Å²) in [5.74, 6) is 0.197. The molecule has 1 fully saturated rings. The predicted octanol–water partition coefficient (Wildman–Crippen LogP) is 2.95. The number of aliphatic hydroxyl groups excluding tert-OH is 1. The minimum Gasteiger partial charge on any atom is -0.396 e. The molecule has 0 bridgehead atoms. The van der Waals surface area contributed by atoms with Crippen LogP contribution in [0.25, 0.3) is 17.2 Å². The Labute approximate surface area is 182 Å². The number of benzene rings is 1. The SMILES string of the molecule is Cn1cc(-c2ccncc2/C=C/C(=O)Nc2ccc(CN3CCC(CO)C3)cc2)cn1. The molecule has 1 amide bonds. The predicted molar refractivity (Wildman–Crippen MR) is 121 cm³/mol. The average molecular weight is 418 g/mol. The van der Waals surface area contributed by atoms with Crippen molar-refractivity contribution in [2.45, 2.75) is 13.0 Å². The Bertz CT molecular complexity index is 1060. The van der Waals surface area contributed by atoms with Gasteiger partial charge >= 0.3 is 0 Å². The van der Waals surface area contributed by atoms with Crippen LogP contribution in [0.2, 0.25) is 0 Å². The number of pyridine rings is 1. The van der Waals surface area contributed by atoms with Gasteiger partial charge in [-0.15, -0.1) is 0 Å². The summed E-state index contributed by atoms with van der Waals surface area (Å²) in [4.78, 5) is 18.9. The summed E-state index contributed by atoms with van der Waals surface area (Å²) < 4.78 is 1.74. The second-order valence-corrected chi connectivity index (χ2v) is 7.96. The van der Waals surface area contributed by atoms with Crippen LogP contribution in [0.5, 0.6) is 0 Å². The Morgan fingerprint density at radius 3 is 2.81 bits per heavy atom. The molecule has 3 heterocycles. The molecule has 0 spiro atoms. The zero-order chi connectivity index (χ0) is 21.6. The first-order valence-corrected chi connectivity index (χ1v) is 10.4. The summed E-state index contributed by atoms with van der Waals surface area (Å²) in [6.07, 6.45) is 11.5. The topological polar surface area (TPSA) is 83.3 Å². The van der Waals surface area contributed by atoms with Crippen LogP contribution >= 0.6 is 0 Å². The van der Waals surface area contributed by atoms with Gasteiger partial charge in [-0.05, 0) is 54.3 Å². The molecular formula is C24H27N5O2. The van der Waals surface area contributed by atoms with Crippen molar-refractivity contribution in [3.05, 3.63) is 72.3 Å². The van der Waals surface area contributed by atoms with Crippen molar-refractivity contribution >= 4 is 17.7 Å². The second kappa shape index (κ2) is 9.68. The third-order valence-electron chi connectivity index (χ3n) is 5.54. The summed E-state index contributed by atoms with van der Waals surface area (Å²) in [6, 6.07) is 9.83. The number of rotatable bonds is 7. The molecular weight excluding hydrogens is 390 g/mol. The molecule has 1 saturated heterocycles. The first-order valence-electron chi connectivity index (χ1n) is 10.4. The lowest BCUT2D eigenvalue weighted by molar-refractivity contribution is -0.111. The molecule has 160 valence electrons. The van der Waals surface area contributed by atoms with Crippen molar-refractivity contribution in [2.24, 2.45) is 13.0 Å². The summed E-state index contributed by atoms with van der Waals surface area (Å²) in [6.45, 7) is 3.08. The third-order valence-corrected chi connectivity index (χ3v) is 5.54. The number of hydrogen-bond donors (Lipinski definition) is 2. The van der Waals surface area contributed by atoms with Crippen LogP contribution in [0.4, 0.5) is 5.69 Å². The van der Waals surface area contributed by atoms with Gasteiger partial charge in [0.2, 0.25) is 5.91 Å². The van der Waals surface area contributed by atoms with E-state index in [-0.39, 0.29) is 12.5 Å². The number of amides is 1. The number of nitrogens with one attached hydrogen (secondary N) is 1. The molecule has 2 aromatic heterocycles. The smallest absolute Gasteiger partial charge is 0.248 e. The molecule has 3 aromatic rings. The number of hydrogen-bond acceptors (Lipinski definition) is 5. The van der Waals surface area contributed by atoms with Crippen molar-refractivity contribution in [3.8, 4) is 11.1 Å². The Hall–Kier alpha value is -3.29. The van der Waals surface area contributed by atoms with E-state index in [0.29, 0.717) is 5.92 Å². The largest absolute Gasteiger partial charge is 0.396 e. The molecule has 2 N–H and O–H groups in total. The molecule has 1 aliphatic rings. The van der Waals surface area contributed by atoms with E-state index >= 15 is 0 Å². The van der Waals surface area contributed by atoms with Crippen LogP contribution < -0.4 is 5.32 Å². The fourth-order valence-electron chi connectivity index (χ4n) is 3.87. The summed E-state index contributed by atoms with van der Waals surface area (Å²) >= 11 is 0. The van der Waals surface area contributed by atoms with E-state index in [4.69, 9.17) is 0 Å². The lowest BCUT2D eigenvalue weighted by Crippen LogP contribution is -2.20. The highest BCUT2D eigenvalue weighted by atomic mass is 16.3. The van der Waals surface area contributed by atoms with Gasteiger partial charge < -0.3 is 10.4 Å². The molecule has 1 unspecified atom stereocenters. The summed E-state index contributed by atoms with van der Waals surface area (Å²) in [5, 5.41) is 16.4. The molecule has 7 heteroatoms. The van der Waals surface area contributed by atoms with Gasteiger partial charge in [-0.1, -0.05) is 12.1 Å². The van der Waals surface area contributed by atoms with Crippen LogP contribution in [0.15, 0.2) is 61.2 Å². The maximum Gasteiger partial charge on any atom is 0.248 e. The van der Waals surface area contributed by atoms with Gasteiger partial charge in [0.05, 0.1) is 6.20 Å². The highest BCUT2D eigenvalue weighted by Gasteiger charge is 2.21. The molecule has 0 radical (unpaired) electrons. The quantitative estimate of drug-likeness (QED) is 0.578. The number of aryl methyl sites for hydroxylation is 1. The van der Waals surface area contributed by atoms with E-state index < -0.39 is 0 Å². The Morgan fingerprint density at radius 2 is 2.10 bits per heavy atom. The maximum atomic E-state index is 12.4. The number of anilines is 1. The van der Waals surface area contributed by atoms with Gasteiger partial charge in [-0.3, -0.25) is 19.4 Å². The highest BCUT2D eigenvalue weighted by Crippen LogP contribution is 2.23. The highest BCUT2D eigenvalue weighted by molar-refractivity contribution is 6.02. The van der Waals surface area contributed by atoms with Crippen LogP contribution in [0, 0.1) is 5.92 Å². The number of carbonyl (C=O) groups excluding carboxylic acids is 1. The van der Waals surface area contributed by atoms with E-state index in [1.807, 2.05) is 43.6 Å². The Balaban J connectivity index is 1.36. The van der Waals surface area contributed by atoms with Crippen LogP contribution in [0.1, 0.15) is 17.5 Å². The molecule has 4 rings (SSSR count). The van der Waals surface area contributed by atoms with Crippen LogP contribution in [-0.4, -0.2) is 50.4 Å². The van der Waals surface area contributed by atoms with Gasteiger partial charge in [0, 0.05) is 68.2 Å². The van der Waals surface area contributed by atoms with Gasteiger partial charge in [-0.25, -0.2) is 0 Å². The fraction of sp³-hybridized carbons (Fsp3) is 0.292. The van der Waals surface area contributed by atoms with Gasteiger partial charge in [-0.2, -0.15) is 5.10 Å². The molecule has 1 aromatic carbocycles. The van der Waals surface area contributed by atoms with E-state index in [2.05, 4.69) is 20.3 Å². The van der Waals surface area contributed by atoms with E-state index in [0.717, 1.165) is 48.4 Å². The number of nitrogens with zero attached hydrogens (tertiary/aromatic N) is 4. The number of aromatic nitrogens is 3. The van der Waals surface area contributed by atoms with E-state index in [1.54, 1.807) is 29.3 Å². The Morgan fingerprint density at radius 1 is 1.26 bits per heavy atom. The van der Waals surface area contributed by atoms with Crippen molar-refractivity contribution in [3.63, 3.8) is 0 Å². The lowest BCUT2D eigenvalue weighted by atomic mass is 10.0. The molecule has 31 heavy (non-hydrogen) atoms. The van der Waals surface area contributed by atoms with Gasteiger partial charge in [0.25, 0.3) is 0 Å². The summed E-state index contributed by atoms with van der Waals surface area (Å²) in [7, 11) is 1.87. The second-order valence-electron chi connectivity index (χ2n) is 7.96. The first kappa shape index (κ1) is 21.0. The number of carbonyl (C=O) groups is 1. The Kier molecular flexibility index (Phi) is 6.54. The van der Waals surface area contributed by atoms with Gasteiger partial charge in [0.15, 0.2) is 0 Å². The van der Waals surface area contributed by atoms with Gasteiger partial charge in [0.1, 0.15) is 0 Å². The zero-order valence-corrected chi connectivity index (χ0v) is 17.6. The number of likely N-dealkylation sites (tertiary alicyclic amines) is 1. The zero-order valence-electron chi connectivity index (χ0n) is 17.6. The molecule has 1 aliphatic heterocycles.